The van der Waals surface area contributed by atoms with Gasteiger partial charge in [0.15, 0.2) is 11.4 Å². The highest BCUT2D eigenvalue weighted by molar-refractivity contribution is 6.35. The van der Waals surface area contributed by atoms with Crippen LogP contribution in [0, 0.1) is 0 Å². The number of nitrogens with one attached hydrogen (secondary N) is 1. The van der Waals surface area contributed by atoms with Crippen LogP contribution in [0.5, 0.6) is 11.5 Å². The maximum Gasteiger partial charge on any atom is 0.220 e. The molecule has 0 bridgehead atoms. The minimum absolute atomic E-state index is 0.0189. The first-order valence-corrected chi connectivity index (χ1v) is 10.3. The van der Waals surface area contributed by atoms with Crippen LogP contribution in [-0.4, -0.2) is 35.1 Å². The molecule has 0 fully saturated rings. The number of benzene rings is 1. The molecule has 1 N–H and O–H groups in total. The predicted octanol–water partition coefficient (Wildman–Crippen LogP) is 4.56. The fraction of sp³-hybridized carbons (Fsp3) is 0.333. The molecule has 0 aliphatic carbocycles. The highest BCUT2D eigenvalue weighted by atomic mass is 35.5. The number of pyridine rings is 1. The number of amides is 1. The Morgan fingerprint density at radius 1 is 1.21 bits per heavy atom. The number of nitrogens with zero attached hydrogens (tertiary/aromatic N) is 2. The van der Waals surface area contributed by atoms with Gasteiger partial charge in [-0.05, 0) is 43.7 Å². The second kappa shape index (κ2) is 10.4. The van der Waals surface area contributed by atoms with Crippen LogP contribution in [0.2, 0.25) is 10.0 Å². The zero-order valence-corrected chi connectivity index (χ0v) is 17.7. The molecule has 29 heavy (non-hydrogen) atoms. The van der Waals surface area contributed by atoms with Crippen molar-refractivity contribution in [1.29, 1.82) is 0 Å². The highest BCUT2D eigenvalue weighted by Gasteiger charge is 2.08. The number of carbonyl (C=O) groups excluding carboxylic acids is 1. The monoisotopic (exact) mass is 435 g/mol. The molecule has 0 radical (unpaired) electrons. The molecule has 2 aromatic heterocycles. The largest absolute Gasteiger partial charge is 0.492 e. The van der Waals surface area contributed by atoms with Crippen molar-refractivity contribution in [1.82, 2.24) is 14.7 Å². The molecule has 0 spiro atoms. The predicted molar refractivity (Wildman–Crippen MR) is 114 cm³/mol. The van der Waals surface area contributed by atoms with E-state index in [-0.39, 0.29) is 5.91 Å². The van der Waals surface area contributed by atoms with Gasteiger partial charge in [0.25, 0.3) is 0 Å². The standard InChI is InChI=1S/C21H23Cl2N3O3/c1-2-28-19-5-3-11-26-14-16(25-21(19)26)9-10-24-20(27)6-4-12-29-18-8-7-15(22)13-17(18)23/h3,5,7-8,11,13-14H,2,4,6,9-10,12H2,1H3,(H,24,27). The van der Waals surface area contributed by atoms with Crippen LogP contribution >= 0.6 is 23.2 Å². The summed E-state index contributed by atoms with van der Waals surface area (Å²) in [7, 11) is 0. The van der Waals surface area contributed by atoms with Gasteiger partial charge in [0, 0.05) is 36.8 Å². The number of hydrogen-bond donors (Lipinski definition) is 1. The van der Waals surface area contributed by atoms with E-state index in [1.54, 1.807) is 18.2 Å². The van der Waals surface area contributed by atoms with Crippen LogP contribution in [0.15, 0.2) is 42.7 Å². The Bertz CT molecular complexity index is 975. The normalized spacial score (nSPS) is 10.9. The minimum Gasteiger partial charge on any atom is -0.492 e. The molecule has 1 amide bonds. The van der Waals surface area contributed by atoms with Crippen molar-refractivity contribution in [3.05, 3.63) is 58.5 Å². The number of hydrogen-bond acceptors (Lipinski definition) is 4. The lowest BCUT2D eigenvalue weighted by Crippen LogP contribution is -2.25. The number of imidazole rings is 1. The van der Waals surface area contributed by atoms with E-state index in [0.29, 0.717) is 54.8 Å². The summed E-state index contributed by atoms with van der Waals surface area (Å²) in [4.78, 5) is 16.6. The lowest BCUT2D eigenvalue weighted by Gasteiger charge is -2.08. The quantitative estimate of drug-likeness (QED) is 0.474. The van der Waals surface area contributed by atoms with Gasteiger partial charge in [0.2, 0.25) is 5.91 Å². The summed E-state index contributed by atoms with van der Waals surface area (Å²) in [6.07, 6.45) is 5.51. The fourth-order valence-corrected chi connectivity index (χ4v) is 3.32. The lowest BCUT2D eigenvalue weighted by atomic mass is 10.3. The third kappa shape index (κ3) is 6.02. The van der Waals surface area contributed by atoms with Gasteiger partial charge in [-0.2, -0.15) is 0 Å². The maximum atomic E-state index is 12.0. The molecule has 0 unspecified atom stereocenters. The Labute approximate surface area is 179 Å². The smallest absolute Gasteiger partial charge is 0.220 e. The van der Waals surface area contributed by atoms with Crippen LogP contribution in [0.3, 0.4) is 0 Å². The molecule has 2 heterocycles. The Kier molecular flexibility index (Phi) is 7.61. The molecule has 1 aromatic carbocycles. The van der Waals surface area contributed by atoms with Crippen molar-refractivity contribution in [3.63, 3.8) is 0 Å². The molecule has 0 aliphatic heterocycles. The average molecular weight is 436 g/mol. The number of carbonyl (C=O) groups is 1. The average Bonchev–Trinajstić information content (AvgIpc) is 3.11. The van der Waals surface area contributed by atoms with Gasteiger partial charge in [-0.1, -0.05) is 23.2 Å². The fourth-order valence-electron chi connectivity index (χ4n) is 2.85. The Hall–Kier alpha value is -2.44. The third-order valence-electron chi connectivity index (χ3n) is 4.20. The van der Waals surface area contributed by atoms with Gasteiger partial charge in [-0.3, -0.25) is 4.79 Å². The van der Waals surface area contributed by atoms with Crippen LogP contribution in [0.4, 0.5) is 0 Å². The van der Waals surface area contributed by atoms with E-state index in [0.717, 1.165) is 17.1 Å². The summed E-state index contributed by atoms with van der Waals surface area (Å²) in [5, 5.41) is 3.93. The first kappa shape index (κ1) is 21.3. The lowest BCUT2D eigenvalue weighted by molar-refractivity contribution is -0.121. The molecule has 0 aliphatic rings. The van der Waals surface area contributed by atoms with E-state index in [2.05, 4.69) is 10.3 Å². The first-order chi connectivity index (χ1) is 14.1. The number of aromatic nitrogens is 2. The summed E-state index contributed by atoms with van der Waals surface area (Å²) in [6, 6.07) is 8.88. The van der Waals surface area contributed by atoms with Crippen LogP contribution in [-0.2, 0) is 11.2 Å². The van der Waals surface area contributed by atoms with E-state index in [4.69, 9.17) is 32.7 Å². The Morgan fingerprint density at radius 2 is 2.07 bits per heavy atom. The van der Waals surface area contributed by atoms with Gasteiger partial charge >= 0.3 is 0 Å². The van der Waals surface area contributed by atoms with Crippen molar-refractivity contribution < 1.29 is 14.3 Å². The highest BCUT2D eigenvalue weighted by Crippen LogP contribution is 2.27. The minimum atomic E-state index is -0.0189. The summed E-state index contributed by atoms with van der Waals surface area (Å²) in [5.41, 5.74) is 1.69. The van der Waals surface area contributed by atoms with Gasteiger partial charge in [0.1, 0.15) is 5.75 Å². The van der Waals surface area contributed by atoms with Crippen molar-refractivity contribution in [3.8, 4) is 11.5 Å². The second-order valence-electron chi connectivity index (χ2n) is 6.40. The van der Waals surface area contributed by atoms with Crippen LogP contribution in [0.25, 0.3) is 5.65 Å². The Morgan fingerprint density at radius 3 is 2.86 bits per heavy atom. The Balaban J connectivity index is 1.38. The molecular formula is C21H23Cl2N3O3. The number of ether oxygens (including phenoxy) is 2. The van der Waals surface area contributed by atoms with Crippen molar-refractivity contribution in [2.24, 2.45) is 0 Å². The summed E-state index contributed by atoms with van der Waals surface area (Å²) >= 11 is 11.9. The van der Waals surface area contributed by atoms with E-state index in [1.165, 1.54) is 0 Å². The zero-order chi connectivity index (χ0) is 20.6. The van der Waals surface area contributed by atoms with E-state index in [9.17, 15) is 4.79 Å². The molecule has 0 saturated carbocycles. The van der Waals surface area contributed by atoms with E-state index >= 15 is 0 Å². The van der Waals surface area contributed by atoms with Gasteiger partial charge in [-0.15, -0.1) is 0 Å². The van der Waals surface area contributed by atoms with E-state index in [1.807, 2.05) is 35.9 Å². The third-order valence-corrected chi connectivity index (χ3v) is 4.73. The topological polar surface area (TPSA) is 64.9 Å². The first-order valence-electron chi connectivity index (χ1n) is 9.50. The van der Waals surface area contributed by atoms with Gasteiger partial charge in [-0.25, -0.2) is 4.98 Å². The number of fused-ring (bicyclic) bond motifs is 1. The molecule has 3 rings (SSSR count). The molecule has 8 heteroatoms. The van der Waals surface area contributed by atoms with E-state index < -0.39 is 0 Å². The number of halogens is 2. The van der Waals surface area contributed by atoms with Crippen molar-refractivity contribution >= 4 is 34.8 Å². The zero-order valence-electron chi connectivity index (χ0n) is 16.2. The molecule has 154 valence electrons. The van der Waals surface area contributed by atoms with Crippen LogP contribution in [0.1, 0.15) is 25.5 Å². The van der Waals surface area contributed by atoms with Crippen molar-refractivity contribution in [2.45, 2.75) is 26.2 Å². The van der Waals surface area contributed by atoms with Gasteiger partial charge < -0.3 is 19.2 Å². The summed E-state index contributed by atoms with van der Waals surface area (Å²) in [5.74, 6) is 1.30. The van der Waals surface area contributed by atoms with Gasteiger partial charge in [0.05, 0.1) is 23.9 Å². The molecule has 0 atom stereocenters. The molecule has 3 aromatic rings. The molecular weight excluding hydrogens is 413 g/mol. The summed E-state index contributed by atoms with van der Waals surface area (Å²) < 4.78 is 13.1. The second-order valence-corrected chi connectivity index (χ2v) is 7.24. The molecule has 0 saturated heterocycles. The SMILES string of the molecule is CCOc1cccn2cc(CCNC(=O)CCCOc3ccc(Cl)cc3Cl)nc12. The summed E-state index contributed by atoms with van der Waals surface area (Å²) in [6.45, 7) is 3.46. The number of rotatable bonds is 10. The van der Waals surface area contributed by atoms with Crippen LogP contribution < -0.4 is 14.8 Å². The molecule has 6 nitrogen and oxygen atoms in total. The maximum absolute atomic E-state index is 12.0. The van der Waals surface area contributed by atoms with Crippen molar-refractivity contribution in [2.75, 3.05) is 19.8 Å².